The summed E-state index contributed by atoms with van der Waals surface area (Å²) < 4.78 is 6.47. The first-order valence-corrected chi connectivity index (χ1v) is 6.47. The van der Waals surface area contributed by atoms with Gasteiger partial charge in [-0.2, -0.15) is 5.26 Å². The molecule has 0 fully saturated rings. The van der Waals surface area contributed by atoms with Crippen molar-refractivity contribution in [3.8, 4) is 17.6 Å². The number of benzene rings is 2. The molecule has 2 rings (SSSR count). The first-order valence-electron chi connectivity index (χ1n) is 4.92. The summed E-state index contributed by atoms with van der Waals surface area (Å²) in [7, 11) is 0. The van der Waals surface area contributed by atoms with Crippen LogP contribution < -0.4 is 4.74 Å². The van der Waals surface area contributed by atoms with Crippen molar-refractivity contribution in [2.75, 3.05) is 0 Å². The molecule has 90 valence electrons. The van der Waals surface area contributed by atoms with Gasteiger partial charge in [-0.1, -0.05) is 39.1 Å². The Bertz CT molecular complexity index is 637. The number of hydrogen-bond acceptors (Lipinski definition) is 2. The summed E-state index contributed by atoms with van der Waals surface area (Å²) in [6.07, 6.45) is 0. The molecule has 0 aliphatic rings. The van der Waals surface area contributed by atoms with Gasteiger partial charge in [0.15, 0.2) is 0 Å². The van der Waals surface area contributed by atoms with Crippen LogP contribution in [0.2, 0.25) is 10.0 Å². The van der Waals surface area contributed by atoms with Gasteiger partial charge < -0.3 is 4.74 Å². The Kier molecular flexibility index (Phi) is 4.13. The topological polar surface area (TPSA) is 33.0 Å². The highest BCUT2D eigenvalue weighted by Crippen LogP contribution is 2.34. The van der Waals surface area contributed by atoms with Crippen LogP contribution in [0, 0.1) is 11.3 Å². The monoisotopic (exact) mass is 341 g/mol. The molecule has 0 N–H and O–H groups in total. The predicted octanol–water partition coefficient (Wildman–Crippen LogP) is 5.42. The van der Waals surface area contributed by atoms with Crippen molar-refractivity contribution in [1.29, 1.82) is 5.26 Å². The fourth-order valence-corrected chi connectivity index (χ4v) is 2.02. The van der Waals surface area contributed by atoms with Crippen molar-refractivity contribution in [3.63, 3.8) is 0 Å². The highest BCUT2D eigenvalue weighted by molar-refractivity contribution is 9.10. The van der Waals surface area contributed by atoms with Crippen LogP contribution >= 0.6 is 39.1 Å². The van der Waals surface area contributed by atoms with Crippen LogP contribution in [0.15, 0.2) is 40.9 Å². The molecule has 5 heteroatoms. The van der Waals surface area contributed by atoms with Crippen LogP contribution in [0.3, 0.4) is 0 Å². The summed E-state index contributed by atoms with van der Waals surface area (Å²) in [5, 5.41) is 9.97. The van der Waals surface area contributed by atoms with E-state index in [-0.39, 0.29) is 0 Å². The third-order valence-electron chi connectivity index (χ3n) is 2.18. The van der Waals surface area contributed by atoms with E-state index >= 15 is 0 Å². The number of nitriles is 1. The van der Waals surface area contributed by atoms with Gasteiger partial charge in [-0.25, -0.2) is 0 Å². The molecule has 0 atom stereocenters. The minimum Gasteiger partial charge on any atom is -0.454 e. The summed E-state index contributed by atoms with van der Waals surface area (Å²) in [4.78, 5) is 0. The number of halogens is 3. The van der Waals surface area contributed by atoms with Gasteiger partial charge >= 0.3 is 0 Å². The molecule has 18 heavy (non-hydrogen) atoms. The van der Waals surface area contributed by atoms with E-state index in [0.29, 0.717) is 27.1 Å². The summed E-state index contributed by atoms with van der Waals surface area (Å²) in [5.74, 6) is 0.895. The smallest absolute Gasteiger partial charge is 0.147 e. The maximum atomic E-state index is 9.01. The van der Waals surface area contributed by atoms with Gasteiger partial charge in [0.05, 0.1) is 10.6 Å². The molecule has 0 aliphatic carbocycles. The van der Waals surface area contributed by atoms with E-state index in [1.54, 1.807) is 30.3 Å². The normalized spacial score (nSPS) is 9.89. The van der Waals surface area contributed by atoms with Gasteiger partial charge in [0.25, 0.3) is 0 Å². The molecule has 2 aromatic carbocycles. The van der Waals surface area contributed by atoms with Crippen molar-refractivity contribution >= 4 is 39.1 Å². The van der Waals surface area contributed by atoms with Crippen LogP contribution in [-0.4, -0.2) is 0 Å². The first-order chi connectivity index (χ1) is 8.60. The second-order valence-corrected chi connectivity index (χ2v) is 5.19. The first kappa shape index (κ1) is 13.2. The second-order valence-electron chi connectivity index (χ2n) is 3.43. The molecular weight excluding hydrogens is 337 g/mol. The minimum absolute atomic E-state index is 0.360. The largest absolute Gasteiger partial charge is 0.454 e. The van der Waals surface area contributed by atoms with E-state index in [2.05, 4.69) is 15.9 Å². The standard InChI is InChI=1S/C13H6BrCl2NO/c14-9-1-3-11(16)13(6-9)18-12-4-2-10(15)5-8(12)7-17/h1-6H. The van der Waals surface area contributed by atoms with E-state index in [1.165, 1.54) is 0 Å². The fraction of sp³-hybridized carbons (Fsp3) is 0. The molecule has 0 radical (unpaired) electrons. The van der Waals surface area contributed by atoms with E-state index in [1.807, 2.05) is 12.1 Å². The minimum atomic E-state index is 0.360. The molecule has 0 spiro atoms. The SMILES string of the molecule is N#Cc1cc(Cl)ccc1Oc1cc(Br)ccc1Cl. The Morgan fingerprint density at radius 2 is 1.83 bits per heavy atom. The molecule has 0 aliphatic heterocycles. The third-order valence-corrected chi connectivity index (χ3v) is 3.22. The number of ether oxygens (including phenoxy) is 1. The van der Waals surface area contributed by atoms with Crippen molar-refractivity contribution in [2.24, 2.45) is 0 Å². The highest BCUT2D eigenvalue weighted by atomic mass is 79.9. The lowest BCUT2D eigenvalue weighted by atomic mass is 10.2. The molecule has 0 saturated carbocycles. The Labute approximate surface area is 123 Å². The Hall–Kier alpha value is -1.21. The van der Waals surface area contributed by atoms with Gasteiger partial charge in [-0.3, -0.25) is 0 Å². The number of rotatable bonds is 2. The van der Waals surface area contributed by atoms with Crippen molar-refractivity contribution in [1.82, 2.24) is 0 Å². The Morgan fingerprint density at radius 3 is 2.56 bits per heavy atom. The molecule has 0 unspecified atom stereocenters. The Morgan fingerprint density at radius 1 is 1.06 bits per heavy atom. The fourth-order valence-electron chi connectivity index (χ4n) is 1.35. The van der Waals surface area contributed by atoms with Crippen molar-refractivity contribution in [3.05, 3.63) is 56.5 Å². The Balaban J connectivity index is 2.40. The van der Waals surface area contributed by atoms with Crippen LogP contribution in [0.1, 0.15) is 5.56 Å². The maximum absolute atomic E-state index is 9.01. The third kappa shape index (κ3) is 2.97. The van der Waals surface area contributed by atoms with Crippen LogP contribution in [-0.2, 0) is 0 Å². The molecule has 0 heterocycles. The summed E-state index contributed by atoms with van der Waals surface area (Å²) in [6, 6.07) is 12.1. The highest BCUT2D eigenvalue weighted by Gasteiger charge is 2.08. The molecule has 0 aromatic heterocycles. The van der Waals surface area contributed by atoms with Crippen LogP contribution in [0.4, 0.5) is 0 Å². The zero-order chi connectivity index (χ0) is 13.1. The van der Waals surface area contributed by atoms with E-state index in [4.69, 9.17) is 33.2 Å². The zero-order valence-corrected chi connectivity index (χ0v) is 12.1. The molecular formula is C13H6BrCl2NO. The zero-order valence-electron chi connectivity index (χ0n) is 8.95. The quantitative estimate of drug-likeness (QED) is 0.730. The van der Waals surface area contributed by atoms with E-state index in [9.17, 15) is 0 Å². The van der Waals surface area contributed by atoms with E-state index < -0.39 is 0 Å². The van der Waals surface area contributed by atoms with Gasteiger partial charge in [0.2, 0.25) is 0 Å². The van der Waals surface area contributed by atoms with Crippen molar-refractivity contribution < 1.29 is 4.74 Å². The summed E-state index contributed by atoms with van der Waals surface area (Å²) >= 11 is 15.2. The molecule has 0 bridgehead atoms. The van der Waals surface area contributed by atoms with Gasteiger partial charge in [-0.15, -0.1) is 0 Å². The maximum Gasteiger partial charge on any atom is 0.147 e. The van der Waals surface area contributed by atoms with Gasteiger partial charge in [0, 0.05) is 9.50 Å². The number of hydrogen-bond donors (Lipinski definition) is 0. The number of nitrogens with zero attached hydrogens (tertiary/aromatic N) is 1. The lowest BCUT2D eigenvalue weighted by molar-refractivity contribution is 0.481. The summed E-state index contributed by atoms with van der Waals surface area (Å²) in [6.45, 7) is 0. The van der Waals surface area contributed by atoms with Gasteiger partial charge in [-0.05, 0) is 36.4 Å². The summed E-state index contributed by atoms with van der Waals surface area (Å²) in [5.41, 5.74) is 0.360. The average Bonchev–Trinajstić information content (AvgIpc) is 2.36. The van der Waals surface area contributed by atoms with E-state index in [0.717, 1.165) is 4.47 Å². The van der Waals surface area contributed by atoms with Crippen LogP contribution in [0.5, 0.6) is 11.5 Å². The average molecular weight is 343 g/mol. The lowest BCUT2D eigenvalue weighted by Crippen LogP contribution is -1.89. The molecule has 0 amide bonds. The van der Waals surface area contributed by atoms with Crippen molar-refractivity contribution in [2.45, 2.75) is 0 Å². The molecule has 0 saturated heterocycles. The molecule has 2 nitrogen and oxygen atoms in total. The predicted molar refractivity (Wildman–Crippen MR) is 75.4 cm³/mol. The lowest BCUT2D eigenvalue weighted by Gasteiger charge is -2.09. The van der Waals surface area contributed by atoms with Crippen LogP contribution in [0.25, 0.3) is 0 Å². The molecule has 2 aromatic rings. The van der Waals surface area contributed by atoms with Gasteiger partial charge in [0.1, 0.15) is 17.6 Å². The second kappa shape index (κ2) is 5.62.